The molecule has 1 aromatic rings. The Hall–Kier alpha value is -1.54. The van der Waals surface area contributed by atoms with Crippen LogP contribution in [0.2, 0.25) is 0 Å². The lowest BCUT2D eigenvalue weighted by Gasteiger charge is -2.08. The van der Waals surface area contributed by atoms with E-state index in [1.165, 1.54) is 14.2 Å². The van der Waals surface area contributed by atoms with Gasteiger partial charge in [-0.15, -0.1) is 0 Å². The highest BCUT2D eigenvalue weighted by Crippen LogP contribution is 2.37. The Morgan fingerprint density at radius 2 is 1.76 bits per heavy atom. The Balaban J connectivity index is 3.61. The van der Waals surface area contributed by atoms with Crippen LogP contribution in [-0.4, -0.2) is 27.6 Å². The minimum absolute atomic E-state index is 0.213. The number of benzene rings is 1. The summed E-state index contributed by atoms with van der Waals surface area (Å²) in [5.74, 6) is -0.428. The molecule has 0 spiro atoms. The second-order valence-corrected chi connectivity index (χ2v) is 5.40. The summed E-state index contributed by atoms with van der Waals surface area (Å²) in [4.78, 5) is 9.60. The average molecular weight is 282 g/mol. The zero-order chi connectivity index (χ0) is 13.2. The number of rotatable bonds is 4. The molecular weight excluding hydrogens is 274 g/mol. The van der Waals surface area contributed by atoms with Crippen molar-refractivity contribution in [1.29, 1.82) is 0 Å². The first-order valence-corrected chi connectivity index (χ1v) is 6.47. The zero-order valence-electron chi connectivity index (χ0n) is 8.84. The summed E-state index contributed by atoms with van der Waals surface area (Å²) in [6.45, 7) is 0. The summed E-state index contributed by atoms with van der Waals surface area (Å²) in [5.41, 5.74) is -0.409. The molecule has 1 rings (SSSR count). The molecule has 0 radical (unpaired) electrons. The molecule has 1 aromatic carbocycles. The van der Waals surface area contributed by atoms with Gasteiger partial charge in [-0.25, -0.2) is 8.42 Å². The van der Waals surface area contributed by atoms with Crippen molar-refractivity contribution in [3.8, 4) is 11.5 Å². The summed E-state index contributed by atoms with van der Waals surface area (Å²) >= 11 is 0. The number of nitrogens with zero attached hydrogens (tertiary/aromatic N) is 1. The molecule has 0 amide bonds. The van der Waals surface area contributed by atoms with E-state index in [1.807, 2.05) is 0 Å². The zero-order valence-corrected chi connectivity index (χ0v) is 10.4. The van der Waals surface area contributed by atoms with Crippen molar-refractivity contribution >= 4 is 25.4 Å². The summed E-state index contributed by atoms with van der Waals surface area (Å²) in [7, 11) is 3.45. The van der Waals surface area contributed by atoms with E-state index < -0.39 is 19.7 Å². The fourth-order valence-corrected chi connectivity index (χ4v) is 2.18. The predicted octanol–water partition coefficient (Wildman–Crippen LogP) is 1.54. The van der Waals surface area contributed by atoms with Crippen molar-refractivity contribution in [3.63, 3.8) is 0 Å². The molecule has 94 valence electrons. The summed E-state index contributed by atoms with van der Waals surface area (Å²) in [6, 6.07) is 1.88. The van der Waals surface area contributed by atoms with Crippen molar-refractivity contribution in [3.05, 3.63) is 22.2 Å². The number of hydrogen-bond donors (Lipinski definition) is 0. The van der Waals surface area contributed by atoms with Gasteiger partial charge < -0.3 is 9.47 Å². The maximum absolute atomic E-state index is 11.2. The van der Waals surface area contributed by atoms with Crippen molar-refractivity contribution in [2.75, 3.05) is 14.2 Å². The molecule has 7 nitrogen and oxygen atoms in total. The molecule has 0 aliphatic heterocycles. The van der Waals surface area contributed by atoms with Gasteiger partial charge in [0.15, 0.2) is 5.75 Å². The van der Waals surface area contributed by atoms with Crippen LogP contribution >= 0.6 is 10.7 Å². The van der Waals surface area contributed by atoms with E-state index in [4.69, 9.17) is 20.2 Å². The van der Waals surface area contributed by atoms with E-state index in [1.54, 1.807) is 0 Å². The van der Waals surface area contributed by atoms with Gasteiger partial charge in [-0.3, -0.25) is 10.1 Å². The van der Waals surface area contributed by atoms with Crippen LogP contribution in [-0.2, 0) is 9.05 Å². The van der Waals surface area contributed by atoms with Crippen LogP contribution in [0.15, 0.2) is 17.0 Å². The van der Waals surface area contributed by atoms with E-state index in [9.17, 15) is 18.5 Å². The molecule has 0 N–H and O–H groups in total. The van der Waals surface area contributed by atoms with Gasteiger partial charge in [-0.1, -0.05) is 0 Å². The van der Waals surface area contributed by atoms with Crippen molar-refractivity contribution in [2.45, 2.75) is 4.90 Å². The van der Waals surface area contributed by atoms with Crippen LogP contribution in [0.1, 0.15) is 0 Å². The molecule has 0 heterocycles. The lowest BCUT2D eigenvalue weighted by atomic mass is 10.3. The molecule has 0 fully saturated rings. The van der Waals surface area contributed by atoms with Gasteiger partial charge >= 0.3 is 5.69 Å². The third-order valence-electron chi connectivity index (χ3n) is 1.92. The molecule has 0 bridgehead atoms. The fraction of sp³-hybridized carbons (Fsp3) is 0.250. The van der Waals surface area contributed by atoms with Gasteiger partial charge in [0.05, 0.1) is 25.2 Å². The molecule has 0 aromatic heterocycles. The summed E-state index contributed by atoms with van der Waals surface area (Å²) < 4.78 is 31.9. The molecule has 0 unspecified atom stereocenters. The highest BCUT2D eigenvalue weighted by Gasteiger charge is 2.25. The molecule has 0 aliphatic rings. The number of halogens is 1. The minimum Gasteiger partial charge on any atom is -0.495 e. The van der Waals surface area contributed by atoms with Crippen molar-refractivity contribution in [1.82, 2.24) is 0 Å². The average Bonchev–Trinajstić information content (AvgIpc) is 2.25. The Bertz CT molecular complexity index is 555. The fourth-order valence-electron chi connectivity index (χ4n) is 1.19. The molecule has 0 atom stereocenters. The molecule has 0 aliphatic carbocycles. The lowest BCUT2D eigenvalue weighted by molar-refractivity contribution is -0.385. The largest absolute Gasteiger partial charge is 0.495 e. The molecule has 0 saturated heterocycles. The first-order valence-electron chi connectivity index (χ1n) is 4.16. The van der Waals surface area contributed by atoms with Gasteiger partial charge in [-0.2, -0.15) is 0 Å². The number of nitro benzene ring substituents is 1. The van der Waals surface area contributed by atoms with Crippen LogP contribution in [0.4, 0.5) is 5.69 Å². The third-order valence-corrected chi connectivity index (χ3v) is 3.27. The second-order valence-electron chi connectivity index (χ2n) is 2.87. The van der Waals surface area contributed by atoms with Crippen LogP contribution in [0, 0.1) is 10.1 Å². The molecule has 9 heteroatoms. The van der Waals surface area contributed by atoms with E-state index >= 15 is 0 Å². The Kier molecular flexibility index (Phi) is 3.79. The first-order chi connectivity index (χ1) is 7.81. The monoisotopic (exact) mass is 281 g/mol. The second kappa shape index (κ2) is 4.76. The predicted molar refractivity (Wildman–Crippen MR) is 59.2 cm³/mol. The van der Waals surface area contributed by atoms with E-state index in [2.05, 4.69) is 0 Å². The number of nitro groups is 1. The lowest BCUT2D eigenvalue weighted by Crippen LogP contribution is -2.00. The summed E-state index contributed by atoms with van der Waals surface area (Å²) in [6.07, 6.45) is 0. The maximum Gasteiger partial charge on any atom is 0.314 e. The molecule has 0 saturated carbocycles. The van der Waals surface area contributed by atoms with Crippen LogP contribution in [0.25, 0.3) is 0 Å². The normalized spacial score (nSPS) is 11.0. The quantitative estimate of drug-likeness (QED) is 0.472. The van der Waals surface area contributed by atoms with E-state index in [0.29, 0.717) is 0 Å². The molecular formula is C8H8ClNO6S. The molecule has 17 heavy (non-hydrogen) atoms. The highest BCUT2D eigenvalue weighted by molar-refractivity contribution is 8.13. The Morgan fingerprint density at radius 3 is 2.12 bits per heavy atom. The van der Waals surface area contributed by atoms with Gasteiger partial charge in [-0.05, 0) is 0 Å². The van der Waals surface area contributed by atoms with Crippen molar-refractivity contribution in [2.24, 2.45) is 0 Å². The van der Waals surface area contributed by atoms with Gasteiger partial charge in [0, 0.05) is 16.7 Å². The standard InChI is InChI=1S/C8H8ClNO6S/c1-15-6-4-8(17(9,13)14)7(16-2)3-5(6)10(11)12/h3-4H,1-2H3. The number of methoxy groups -OCH3 is 2. The topological polar surface area (TPSA) is 95.7 Å². The third kappa shape index (κ3) is 2.77. The first kappa shape index (κ1) is 13.5. The van der Waals surface area contributed by atoms with Gasteiger partial charge in [0.25, 0.3) is 9.05 Å². The maximum atomic E-state index is 11.2. The van der Waals surface area contributed by atoms with Crippen LogP contribution in [0.3, 0.4) is 0 Å². The van der Waals surface area contributed by atoms with Crippen molar-refractivity contribution < 1.29 is 22.8 Å². The Labute approximate surface area is 101 Å². The van der Waals surface area contributed by atoms with Gasteiger partial charge in [0.2, 0.25) is 0 Å². The van der Waals surface area contributed by atoms with Crippen LogP contribution in [0.5, 0.6) is 11.5 Å². The van der Waals surface area contributed by atoms with E-state index in [0.717, 1.165) is 12.1 Å². The Morgan fingerprint density at radius 1 is 1.24 bits per heavy atom. The smallest absolute Gasteiger partial charge is 0.314 e. The minimum atomic E-state index is -4.08. The van der Waals surface area contributed by atoms with Gasteiger partial charge in [0.1, 0.15) is 10.6 Å². The number of ether oxygens (including phenoxy) is 2. The highest BCUT2D eigenvalue weighted by atomic mass is 35.7. The summed E-state index contributed by atoms with van der Waals surface area (Å²) in [5, 5.41) is 10.7. The van der Waals surface area contributed by atoms with E-state index in [-0.39, 0.29) is 16.4 Å². The SMILES string of the molecule is COc1cc(S(=O)(=O)Cl)c(OC)cc1[N+](=O)[O-]. The number of hydrogen-bond acceptors (Lipinski definition) is 6. The van der Waals surface area contributed by atoms with Crippen LogP contribution < -0.4 is 9.47 Å².